The molecule has 0 radical (unpaired) electrons. The molecule has 0 bridgehead atoms. The van der Waals surface area contributed by atoms with E-state index in [1.165, 1.54) is 7.11 Å². The molecule has 2 amide bonds. The Bertz CT molecular complexity index is 398. The van der Waals surface area contributed by atoms with Gasteiger partial charge in [0, 0.05) is 6.54 Å². The fraction of sp³-hybridized carbons (Fsp3) is 0.750. The minimum absolute atomic E-state index is 0.0843. The van der Waals surface area contributed by atoms with Gasteiger partial charge < -0.3 is 9.84 Å². The number of amides is 2. The van der Waals surface area contributed by atoms with E-state index in [2.05, 4.69) is 4.74 Å². The maximum atomic E-state index is 11.6. The van der Waals surface area contributed by atoms with Crippen LogP contribution in [0, 0.1) is 11.8 Å². The van der Waals surface area contributed by atoms with E-state index in [0.29, 0.717) is 12.5 Å². The number of alkyl carbamates (subject to hydrolysis) is 1. The Hall–Kier alpha value is -1.63. The highest BCUT2D eigenvalue weighted by Crippen LogP contribution is 2.41. The number of methoxy groups -OCH3 is 1. The number of aliphatic carboxylic acids is 1. The molecular formula is C12H18N2O5. The molecule has 106 valence electrons. The largest absolute Gasteiger partial charge is 0.480 e. The van der Waals surface area contributed by atoms with Crippen molar-refractivity contribution in [3.05, 3.63) is 0 Å². The molecule has 3 unspecified atom stereocenters. The molecule has 1 heterocycles. The summed E-state index contributed by atoms with van der Waals surface area (Å²) in [5.41, 5.74) is 0. The number of rotatable bonds is 3. The zero-order valence-corrected chi connectivity index (χ0v) is 10.8. The van der Waals surface area contributed by atoms with Gasteiger partial charge in [-0.2, -0.15) is 0 Å². The second-order valence-electron chi connectivity index (χ2n) is 5.11. The Morgan fingerprint density at radius 2 is 2.11 bits per heavy atom. The van der Waals surface area contributed by atoms with Gasteiger partial charge in [-0.1, -0.05) is 6.42 Å². The second kappa shape index (κ2) is 5.56. The Morgan fingerprint density at radius 1 is 1.37 bits per heavy atom. The molecule has 7 nitrogen and oxygen atoms in total. The molecule has 1 saturated carbocycles. The first-order chi connectivity index (χ1) is 9.02. The van der Waals surface area contributed by atoms with E-state index >= 15 is 0 Å². The number of imide groups is 1. The summed E-state index contributed by atoms with van der Waals surface area (Å²) in [6.45, 7) is 0.523. The van der Waals surface area contributed by atoms with Gasteiger partial charge in [-0.3, -0.25) is 19.8 Å². The first-order valence-electron chi connectivity index (χ1n) is 6.37. The van der Waals surface area contributed by atoms with Crippen molar-refractivity contribution in [3.8, 4) is 0 Å². The molecule has 0 aromatic carbocycles. The van der Waals surface area contributed by atoms with Crippen molar-refractivity contribution in [2.24, 2.45) is 11.8 Å². The van der Waals surface area contributed by atoms with Crippen LogP contribution < -0.4 is 5.32 Å². The predicted octanol–water partition coefficient (Wildman–Crippen LogP) is 0.0541. The van der Waals surface area contributed by atoms with E-state index in [1.54, 1.807) is 4.90 Å². The van der Waals surface area contributed by atoms with Gasteiger partial charge in [0.25, 0.3) is 0 Å². The van der Waals surface area contributed by atoms with Gasteiger partial charge >= 0.3 is 12.1 Å². The van der Waals surface area contributed by atoms with Crippen molar-refractivity contribution in [1.82, 2.24) is 10.2 Å². The quantitative estimate of drug-likeness (QED) is 0.752. The normalized spacial score (nSPS) is 29.8. The van der Waals surface area contributed by atoms with Crippen molar-refractivity contribution in [2.75, 3.05) is 20.2 Å². The zero-order chi connectivity index (χ0) is 14.0. The van der Waals surface area contributed by atoms with Gasteiger partial charge in [-0.25, -0.2) is 4.79 Å². The van der Waals surface area contributed by atoms with Crippen molar-refractivity contribution in [3.63, 3.8) is 0 Å². The number of nitrogens with one attached hydrogen (secondary N) is 1. The van der Waals surface area contributed by atoms with E-state index in [4.69, 9.17) is 0 Å². The molecule has 2 fully saturated rings. The van der Waals surface area contributed by atoms with E-state index < -0.39 is 24.0 Å². The third-order valence-electron chi connectivity index (χ3n) is 4.01. The molecule has 2 rings (SSSR count). The third kappa shape index (κ3) is 2.86. The van der Waals surface area contributed by atoms with Crippen LogP contribution in [0.25, 0.3) is 0 Å². The fourth-order valence-corrected chi connectivity index (χ4v) is 3.28. The van der Waals surface area contributed by atoms with Gasteiger partial charge in [-0.05, 0) is 24.7 Å². The van der Waals surface area contributed by atoms with E-state index in [1.807, 2.05) is 5.32 Å². The summed E-state index contributed by atoms with van der Waals surface area (Å²) in [6.07, 6.45) is 2.15. The first-order valence-corrected chi connectivity index (χ1v) is 6.37. The standard InChI is InChI=1S/C12H18N2O5/c1-19-12(18)13-9(15)6-14-5-7-3-2-4-8(7)10(14)11(16)17/h7-8,10H,2-6H2,1H3,(H,16,17)(H,13,15,18). The lowest BCUT2D eigenvalue weighted by Gasteiger charge is -2.23. The smallest absolute Gasteiger partial charge is 0.413 e. The molecule has 7 heteroatoms. The van der Waals surface area contributed by atoms with Crippen LogP contribution in [0.1, 0.15) is 19.3 Å². The van der Waals surface area contributed by atoms with Crippen LogP contribution in [0.4, 0.5) is 4.79 Å². The molecule has 2 N–H and O–H groups in total. The minimum Gasteiger partial charge on any atom is -0.480 e. The summed E-state index contributed by atoms with van der Waals surface area (Å²) in [4.78, 5) is 35.5. The lowest BCUT2D eigenvalue weighted by Crippen LogP contribution is -2.46. The van der Waals surface area contributed by atoms with Crippen molar-refractivity contribution in [2.45, 2.75) is 25.3 Å². The highest BCUT2D eigenvalue weighted by molar-refractivity contribution is 5.93. The predicted molar refractivity (Wildman–Crippen MR) is 64.4 cm³/mol. The third-order valence-corrected chi connectivity index (χ3v) is 4.01. The van der Waals surface area contributed by atoms with Gasteiger partial charge in [0.05, 0.1) is 13.7 Å². The van der Waals surface area contributed by atoms with Crippen LogP contribution in [0.3, 0.4) is 0 Å². The summed E-state index contributed by atoms with van der Waals surface area (Å²) in [5, 5.41) is 11.4. The molecule has 0 aromatic heterocycles. The summed E-state index contributed by atoms with van der Waals surface area (Å²) in [5.74, 6) is -0.936. The molecule has 19 heavy (non-hydrogen) atoms. The summed E-state index contributed by atoms with van der Waals surface area (Å²) in [7, 11) is 1.17. The number of fused-ring (bicyclic) bond motifs is 1. The van der Waals surface area contributed by atoms with Gasteiger partial charge in [0.1, 0.15) is 6.04 Å². The lowest BCUT2D eigenvalue weighted by atomic mass is 9.94. The molecule has 0 aromatic rings. The molecule has 1 saturated heterocycles. The number of carbonyl (C=O) groups is 3. The van der Waals surface area contributed by atoms with Crippen LogP contribution in [-0.2, 0) is 14.3 Å². The average Bonchev–Trinajstić information content (AvgIpc) is 2.87. The van der Waals surface area contributed by atoms with Crippen molar-refractivity contribution < 1.29 is 24.2 Å². The van der Waals surface area contributed by atoms with Crippen LogP contribution in [-0.4, -0.2) is 54.2 Å². The molecular weight excluding hydrogens is 252 g/mol. The molecule has 3 atom stereocenters. The number of nitrogens with zero attached hydrogens (tertiary/aromatic N) is 1. The monoisotopic (exact) mass is 270 g/mol. The second-order valence-corrected chi connectivity index (χ2v) is 5.11. The SMILES string of the molecule is COC(=O)NC(=O)CN1CC2CCCC2C1C(=O)O. The lowest BCUT2D eigenvalue weighted by molar-refractivity contribution is -0.144. The number of hydrogen-bond acceptors (Lipinski definition) is 5. The van der Waals surface area contributed by atoms with Crippen LogP contribution in [0.5, 0.6) is 0 Å². The number of carboxylic acids is 1. The van der Waals surface area contributed by atoms with Crippen LogP contribution in [0.15, 0.2) is 0 Å². The Balaban J connectivity index is 1.97. The number of carbonyl (C=O) groups excluding carboxylic acids is 2. The highest BCUT2D eigenvalue weighted by Gasteiger charge is 2.48. The topological polar surface area (TPSA) is 95.9 Å². The molecule has 0 spiro atoms. The molecule has 2 aliphatic rings. The number of likely N-dealkylation sites (tertiary alicyclic amines) is 1. The molecule has 1 aliphatic carbocycles. The minimum atomic E-state index is -0.889. The van der Waals surface area contributed by atoms with Crippen LogP contribution in [0.2, 0.25) is 0 Å². The van der Waals surface area contributed by atoms with Gasteiger partial charge in [0.15, 0.2) is 0 Å². The highest BCUT2D eigenvalue weighted by atomic mass is 16.5. The Morgan fingerprint density at radius 3 is 2.74 bits per heavy atom. The van der Waals surface area contributed by atoms with Gasteiger partial charge in [-0.15, -0.1) is 0 Å². The Kier molecular flexibility index (Phi) is 4.04. The number of ether oxygens (including phenoxy) is 1. The summed E-state index contributed by atoms with van der Waals surface area (Å²) in [6, 6.07) is -0.615. The van der Waals surface area contributed by atoms with E-state index in [0.717, 1.165) is 19.3 Å². The van der Waals surface area contributed by atoms with Gasteiger partial charge in [0.2, 0.25) is 5.91 Å². The summed E-state index contributed by atoms with van der Waals surface area (Å²) >= 11 is 0. The average molecular weight is 270 g/mol. The van der Waals surface area contributed by atoms with Crippen molar-refractivity contribution in [1.29, 1.82) is 0 Å². The zero-order valence-electron chi connectivity index (χ0n) is 10.8. The van der Waals surface area contributed by atoms with Crippen LogP contribution >= 0.6 is 0 Å². The maximum Gasteiger partial charge on any atom is 0.413 e. The summed E-state index contributed by atoms with van der Waals surface area (Å²) < 4.78 is 4.33. The number of hydrogen-bond donors (Lipinski definition) is 2. The maximum absolute atomic E-state index is 11.6. The fourth-order valence-electron chi connectivity index (χ4n) is 3.28. The van der Waals surface area contributed by atoms with Crippen molar-refractivity contribution >= 4 is 18.0 Å². The van der Waals surface area contributed by atoms with E-state index in [-0.39, 0.29) is 12.5 Å². The van der Waals surface area contributed by atoms with E-state index in [9.17, 15) is 19.5 Å². The molecule has 1 aliphatic heterocycles. The Labute approximate surface area is 110 Å². The number of carboxylic acid groups (broad SMARTS) is 1. The first kappa shape index (κ1) is 13.8.